The molecule has 1 fully saturated rings. The number of halogens is 1. The summed E-state index contributed by atoms with van der Waals surface area (Å²) < 4.78 is 0. The van der Waals surface area contributed by atoms with Gasteiger partial charge in [-0.05, 0) is 5.92 Å². The molecule has 2 unspecified atom stereocenters. The van der Waals surface area contributed by atoms with E-state index in [4.69, 9.17) is 5.11 Å². The fourth-order valence-electron chi connectivity index (χ4n) is 1.54. The summed E-state index contributed by atoms with van der Waals surface area (Å²) in [6.07, 6.45) is 0.539. The number of carbonyl (C=O) groups is 2. The number of hydrogen-bond donors (Lipinski definition) is 1. The molecule has 5 heteroatoms. The van der Waals surface area contributed by atoms with Crippen molar-refractivity contribution in [3.8, 4) is 0 Å². The van der Waals surface area contributed by atoms with E-state index in [1.807, 2.05) is 0 Å². The van der Waals surface area contributed by atoms with E-state index in [0.717, 1.165) is 5.33 Å². The quantitative estimate of drug-likeness (QED) is 0.769. The fourth-order valence-corrected chi connectivity index (χ4v) is 1.98. The van der Waals surface area contributed by atoms with Crippen LogP contribution in [0.3, 0.4) is 0 Å². The molecule has 0 saturated carbocycles. The number of likely N-dealkylation sites (tertiary alicyclic amines) is 1. The lowest BCUT2D eigenvalue weighted by Crippen LogP contribution is -2.33. The van der Waals surface area contributed by atoms with E-state index in [1.165, 1.54) is 0 Å². The van der Waals surface area contributed by atoms with Gasteiger partial charge in [-0.3, -0.25) is 9.59 Å². The molecular formula is C9H14BrNO3. The van der Waals surface area contributed by atoms with Gasteiger partial charge in [0.05, 0.1) is 5.92 Å². The Labute approximate surface area is 91.4 Å². The molecule has 0 aromatic carbocycles. The molecule has 0 radical (unpaired) electrons. The van der Waals surface area contributed by atoms with Crippen LogP contribution >= 0.6 is 15.9 Å². The van der Waals surface area contributed by atoms with Gasteiger partial charge in [-0.2, -0.15) is 0 Å². The molecule has 0 aromatic heterocycles. The standard InChI is InChI=1S/C9H14BrNO3/c1-6(9(13)14)4-11-5-7(3-10)2-8(11)12/h6-7H,2-5H2,1H3,(H,13,14). The molecule has 0 spiro atoms. The van der Waals surface area contributed by atoms with Crippen molar-refractivity contribution in [1.82, 2.24) is 4.90 Å². The van der Waals surface area contributed by atoms with Gasteiger partial charge in [0.15, 0.2) is 0 Å². The molecule has 0 aliphatic carbocycles. The summed E-state index contributed by atoms with van der Waals surface area (Å²) in [6.45, 7) is 2.64. The fraction of sp³-hybridized carbons (Fsp3) is 0.778. The van der Waals surface area contributed by atoms with E-state index in [0.29, 0.717) is 25.4 Å². The van der Waals surface area contributed by atoms with Crippen molar-refractivity contribution in [1.29, 1.82) is 0 Å². The third-order valence-electron chi connectivity index (χ3n) is 2.43. The van der Waals surface area contributed by atoms with Gasteiger partial charge in [0.1, 0.15) is 0 Å². The summed E-state index contributed by atoms with van der Waals surface area (Å²) in [6, 6.07) is 0. The van der Waals surface area contributed by atoms with Gasteiger partial charge < -0.3 is 10.0 Å². The van der Waals surface area contributed by atoms with Crippen LogP contribution in [-0.4, -0.2) is 40.3 Å². The van der Waals surface area contributed by atoms with Crippen LogP contribution in [0.4, 0.5) is 0 Å². The van der Waals surface area contributed by atoms with Crippen molar-refractivity contribution in [2.24, 2.45) is 11.8 Å². The highest BCUT2D eigenvalue weighted by Crippen LogP contribution is 2.20. The van der Waals surface area contributed by atoms with Crippen molar-refractivity contribution in [2.45, 2.75) is 13.3 Å². The number of hydrogen-bond acceptors (Lipinski definition) is 2. The molecular weight excluding hydrogens is 250 g/mol. The SMILES string of the molecule is CC(CN1CC(CBr)CC1=O)C(=O)O. The van der Waals surface area contributed by atoms with Gasteiger partial charge in [0, 0.05) is 24.8 Å². The van der Waals surface area contributed by atoms with E-state index in [2.05, 4.69) is 15.9 Å². The molecule has 1 rings (SSSR count). The summed E-state index contributed by atoms with van der Waals surface area (Å²) in [5.74, 6) is -0.917. The average Bonchev–Trinajstić information content (AvgIpc) is 2.47. The Morgan fingerprint density at radius 2 is 2.43 bits per heavy atom. The van der Waals surface area contributed by atoms with Crippen LogP contribution in [0.25, 0.3) is 0 Å². The van der Waals surface area contributed by atoms with Crippen molar-refractivity contribution < 1.29 is 14.7 Å². The van der Waals surface area contributed by atoms with E-state index < -0.39 is 11.9 Å². The molecule has 2 atom stereocenters. The highest BCUT2D eigenvalue weighted by atomic mass is 79.9. The Kier molecular flexibility index (Phi) is 3.92. The van der Waals surface area contributed by atoms with Gasteiger partial charge in [-0.15, -0.1) is 0 Å². The zero-order valence-corrected chi connectivity index (χ0v) is 9.66. The van der Waals surface area contributed by atoms with Gasteiger partial charge in [0.25, 0.3) is 0 Å². The first kappa shape index (κ1) is 11.5. The molecule has 80 valence electrons. The maximum absolute atomic E-state index is 11.4. The van der Waals surface area contributed by atoms with E-state index in [9.17, 15) is 9.59 Å². The molecule has 1 saturated heterocycles. The Morgan fingerprint density at radius 3 is 2.86 bits per heavy atom. The molecule has 1 aliphatic rings. The lowest BCUT2D eigenvalue weighted by molar-refractivity contribution is -0.142. The molecule has 1 heterocycles. The maximum Gasteiger partial charge on any atom is 0.308 e. The first-order valence-corrected chi connectivity index (χ1v) is 5.73. The molecule has 1 aliphatic heterocycles. The monoisotopic (exact) mass is 263 g/mol. The highest BCUT2D eigenvalue weighted by Gasteiger charge is 2.30. The summed E-state index contributed by atoms with van der Waals surface area (Å²) in [7, 11) is 0. The Hall–Kier alpha value is -0.580. The topological polar surface area (TPSA) is 57.6 Å². The second-order valence-electron chi connectivity index (χ2n) is 3.76. The number of rotatable bonds is 4. The molecule has 1 amide bonds. The van der Waals surface area contributed by atoms with Crippen LogP contribution in [0.15, 0.2) is 0 Å². The molecule has 4 nitrogen and oxygen atoms in total. The number of aliphatic carboxylic acids is 1. The minimum Gasteiger partial charge on any atom is -0.481 e. The number of alkyl halides is 1. The molecule has 0 bridgehead atoms. The Balaban J connectivity index is 2.46. The number of carboxylic acid groups (broad SMARTS) is 1. The Bertz CT molecular complexity index is 244. The van der Waals surface area contributed by atoms with Gasteiger partial charge >= 0.3 is 5.97 Å². The normalized spacial score (nSPS) is 24.0. The largest absolute Gasteiger partial charge is 0.481 e. The zero-order valence-electron chi connectivity index (χ0n) is 8.07. The highest BCUT2D eigenvalue weighted by molar-refractivity contribution is 9.09. The van der Waals surface area contributed by atoms with Crippen LogP contribution < -0.4 is 0 Å². The van der Waals surface area contributed by atoms with E-state index in [1.54, 1.807) is 11.8 Å². The summed E-state index contributed by atoms with van der Waals surface area (Å²) in [4.78, 5) is 23.7. The van der Waals surface area contributed by atoms with E-state index >= 15 is 0 Å². The minimum absolute atomic E-state index is 0.0718. The third-order valence-corrected chi connectivity index (χ3v) is 3.34. The molecule has 0 aromatic rings. The minimum atomic E-state index is -0.847. The summed E-state index contributed by atoms with van der Waals surface area (Å²) >= 11 is 3.33. The van der Waals surface area contributed by atoms with Crippen LogP contribution in [0.2, 0.25) is 0 Å². The predicted molar refractivity (Wildman–Crippen MR) is 55.3 cm³/mol. The maximum atomic E-state index is 11.4. The third kappa shape index (κ3) is 2.70. The summed E-state index contributed by atoms with van der Waals surface area (Å²) in [5.41, 5.74) is 0. The van der Waals surface area contributed by atoms with Crippen molar-refractivity contribution in [2.75, 3.05) is 18.4 Å². The molecule has 1 N–H and O–H groups in total. The molecule has 14 heavy (non-hydrogen) atoms. The zero-order chi connectivity index (χ0) is 10.7. The smallest absolute Gasteiger partial charge is 0.308 e. The van der Waals surface area contributed by atoms with Crippen LogP contribution in [-0.2, 0) is 9.59 Å². The van der Waals surface area contributed by atoms with E-state index in [-0.39, 0.29) is 5.91 Å². The van der Waals surface area contributed by atoms with Crippen LogP contribution in [0.1, 0.15) is 13.3 Å². The summed E-state index contributed by atoms with van der Waals surface area (Å²) in [5, 5.41) is 9.51. The second-order valence-corrected chi connectivity index (χ2v) is 4.41. The van der Waals surface area contributed by atoms with Crippen molar-refractivity contribution in [3.05, 3.63) is 0 Å². The number of nitrogens with zero attached hydrogens (tertiary/aromatic N) is 1. The number of carbonyl (C=O) groups excluding carboxylic acids is 1. The van der Waals surface area contributed by atoms with Gasteiger partial charge in [-0.1, -0.05) is 22.9 Å². The van der Waals surface area contributed by atoms with Crippen molar-refractivity contribution >= 4 is 27.8 Å². The average molecular weight is 264 g/mol. The Morgan fingerprint density at radius 1 is 1.79 bits per heavy atom. The lowest BCUT2D eigenvalue weighted by Gasteiger charge is -2.18. The predicted octanol–water partition coefficient (Wildman–Crippen LogP) is 0.950. The number of amides is 1. The second kappa shape index (κ2) is 4.77. The van der Waals surface area contributed by atoms with Crippen LogP contribution in [0, 0.1) is 11.8 Å². The van der Waals surface area contributed by atoms with Crippen molar-refractivity contribution in [3.63, 3.8) is 0 Å². The number of carboxylic acids is 1. The lowest BCUT2D eigenvalue weighted by atomic mass is 10.1. The first-order chi connectivity index (χ1) is 6.54. The van der Waals surface area contributed by atoms with Crippen LogP contribution in [0.5, 0.6) is 0 Å². The van der Waals surface area contributed by atoms with Gasteiger partial charge in [0.2, 0.25) is 5.91 Å². The van der Waals surface area contributed by atoms with Gasteiger partial charge in [-0.25, -0.2) is 0 Å². The first-order valence-electron chi connectivity index (χ1n) is 4.61.